The molecule has 2 heteroatoms. The van der Waals surface area contributed by atoms with Gasteiger partial charge in [-0.2, -0.15) is 0 Å². The molecule has 1 atom stereocenters. The largest absolute Gasteiger partial charge is 0.107 e. The Morgan fingerprint density at radius 1 is 0.594 bits per heavy atom. The van der Waals surface area contributed by atoms with E-state index in [9.17, 15) is 0 Å². The second-order valence-electron chi connectivity index (χ2n) is 10.8. The first-order valence-corrected chi connectivity index (χ1v) is 17.2. The molecule has 0 spiro atoms. The van der Waals surface area contributed by atoms with E-state index in [1.54, 1.807) is 37.0 Å². The summed E-state index contributed by atoms with van der Waals surface area (Å²) in [5.74, 6) is 0. The average Bonchev–Trinajstić information content (AvgIpc) is 2.97. The van der Waals surface area contributed by atoms with Gasteiger partial charge in [0, 0.05) is 5.16 Å². The molecular weight excluding hydrogens is 422 g/mol. The van der Waals surface area contributed by atoms with Crippen molar-refractivity contribution in [2.24, 2.45) is 0 Å². The molecule has 0 nitrogen and oxygen atoms in total. The summed E-state index contributed by atoms with van der Waals surface area (Å²) in [6.07, 6.45) is 29.4. The summed E-state index contributed by atoms with van der Waals surface area (Å²) in [5.41, 5.74) is 3.29. The van der Waals surface area contributed by atoms with Crippen LogP contribution >= 0.6 is 16.1 Å². The summed E-state index contributed by atoms with van der Waals surface area (Å²) in [5, 5.41) is 2.06. The van der Waals surface area contributed by atoms with Crippen molar-refractivity contribution in [3.8, 4) is 0 Å². The minimum absolute atomic E-state index is 0.247. The van der Waals surface area contributed by atoms with Crippen LogP contribution in [0, 0.1) is 0 Å². The van der Waals surface area contributed by atoms with E-state index in [1.807, 2.05) is 0 Å². The van der Waals surface area contributed by atoms with Crippen LogP contribution in [0.4, 0.5) is 0 Å². The first-order valence-electron chi connectivity index (χ1n) is 14.4. The van der Waals surface area contributed by atoms with Crippen LogP contribution in [0.5, 0.6) is 0 Å². The van der Waals surface area contributed by atoms with Crippen LogP contribution in [0.1, 0.15) is 151 Å². The lowest BCUT2D eigenvalue weighted by Gasteiger charge is -2.27. The molecule has 32 heavy (non-hydrogen) atoms. The molecule has 0 N–H and O–H groups in total. The molecule has 0 amide bonds. The third-order valence-electron chi connectivity index (χ3n) is 7.90. The number of hydrogen-bond acceptors (Lipinski definition) is 0. The Labute approximate surface area is 206 Å². The molecule has 0 aliphatic carbocycles. The predicted octanol–water partition coefficient (Wildman–Crippen LogP) is 11.4. The Balaban J connectivity index is 2.36. The molecule has 1 aliphatic rings. The van der Waals surface area contributed by atoms with E-state index in [1.165, 1.54) is 115 Å². The maximum atomic E-state index is 2.55. The van der Waals surface area contributed by atoms with Crippen LogP contribution in [-0.2, 0) is 0 Å². The van der Waals surface area contributed by atoms with Gasteiger partial charge in [0.25, 0.3) is 0 Å². The minimum Gasteiger partial charge on any atom is -0.107 e. The molecule has 188 valence electrons. The Morgan fingerprint density at radius 3 is 1.38 bits per heavy atom. The smallest absolute Gasteiger partial charge is 0.0311 e. The van der Waals surface area contributed by atoms with Crippen LogP contribution in [0.3, 0.4) is 0 Å². The molecule has 1 heterocycles. The van der Waals surface area contributed by atoms with Gasteiger partial charge in [0.1, 0.15) is 0 Å². The van der Waals surface area contributed by atoms with Gasteiger partial charge >= 0.3 is 0 Å². The number of allylic oxidation sites excluding steroid dienone is 2. The molecule has 0 saturated heterocycles. The maximum absolute atomic E-state index is 2.55. The number of rotatable bonds is 21. The van der Waals surface area contributed by atoms with Gasteiger partial charge in [-0.15, -0.1) is 7.92 Å². The highest BCUT2D eigenvalue weighted by molar-refractivity contribution is 7.57. The van der Waals surface area contributed by atoms with Gasteiger partial charge in [-0.1, -0.05) is 118 Å². The molecule has 0 aromatic rings. The van der Waals surface area contributed by atoms with Crippen molar-refractivity contribution >= 4 is 21.4 Å². The van der Waals surface area contributed by atoms with Crippen molar-refractivity contribution in [1.29, 1.82) is 0 Å². The highest BCUT2D eigenvalue weighted by Crippen LogP contribution is 2.48. The molecule has 0 aromatic heterocycles. The second kappa shape index (κ2) is 18.6. The van der Waals surface area contributed by atoms with Gasteiger partial charge in [-0.05, 0) is 76.3 Å². The van der Waals surface area contributed by atoms with E-state index in [-0.39, 0.29) is 7.92 Å². The van der Waals surface area contributed by atoms with Gasteiger partial charge in [0.15, 0.2) is 0 Å². The molecule has 0 bridgehead atoms. The fraction of sp³-hybridized carbons (Fsp3) is 0.900. The molecule has 1 rings (SSSR count). The van der Waals surface area contributed by atoms with E-state index in [0.717, 1.165) is 0 Å². The van der Waals surface area contributed by atoms with E-state index in [4.69, 9.17) is 0 Å². The summed E-state index contributed by atoms with van der Waals surface area (Å²) in [6.45, 7) is 14.3. The lowest BCUT2D eigenvalue weighted by molar-refractivity contribution is 0.583. The van der Waals surface area contributed by atoms with Gasteiger partial charge in [0.05, 0.1) is 0 Å². The predicted molar refractivity (Wildman–Crippen MR) is 156 cm³/mol. The van der Waals surface area contributed by atoms with Crippen LogP contribution in [-0.4, -0.2) is 28.9 Å². The fourth-order valence-electron chi connectivity index (χ4n) is 5.11. The third kappa shape index (κ3) is 12.7. The molecular formula is C30H58P2. The van der Waals surface area contributed by atoms with Crippen LogP contribution < -0.4 is 0 Å². The minimum atomic E-state index is 0.247. The number of hydrogen-bond donors (Lipinski definition) is 0. The summed E-state index contributed by atoms with van der Waals surface area (Å²) >= 11 is 0. The molecule has 1 unspecified atom stereocenters. The van der Waals surface area contributed by atoms with Crippen molar-refractivity contribution in [1.82, 2.24) is 0 Å². The van der Waals surface area contributed by atoms with Crippen LogP contribution in [0.2, 0.25) is 0 Å². The molecule has 0 aromatic carbocycles. The molecule has 0 fully saturated rings. The van der Waals surface area contributed by atoms with Crippen molar-refractivity contribution in [2.75, 3.05) is 18.5 Å². The highest BCUT2D eigenvalue weighted by atomic mass is 31.1. The van der Waals surface area contributed by atoms with Crippen molar-refractivity contribution in [2.45, 2.75) is 156 Å². The topological polar surface area (TPSA) is 0 Å². The fourth-order valence-corrected chi connectivity index (χ4v) is 9.69. The molecule has 1 aliphatic heterocycles. The quantitative estimate of drug-likeness (QED) is 0.113. The van der Waals surface area contributed by atoms with Crippen LogP contribution in [0.15, 0.2) is 11.1 Å². The Kier molecular flexibility index (Phi) is 17.7. The van der Waals surface area contributed by atoms with Crippen LogP contribution in [0.25, 0.3) is 0 Å². The zero-order valence-corrected chi connectivity index (χ0v) is 24.8. The summed E-state index contributed by atoms with van der Waals surface area (Å²) < 4.78 is 0. The monoisotopic (exact) mass is 480 g/mol. The standard InChI is InChI=1S/C30H58P2/c1-7-9-11-13-15-17-19-21-24-32(25-22-20-18-16-14-12-10-8-2)26-23-30(6)28(4)27(3)29(5)31-30/h7-26H2,1-6H3. The normalized spacial score (nSPS) is 19.3. The SMILES string of the molecule is CCCCCCCCCCP(CCCCCCCCCC)CCC1(C)P=C(C)C(C)=C1C. The van der Waals surface area contributed by atoms with Gasteiger partial charge in [0.2, 0.25) is 0 Å². The average molecular weight is 481 g/mol. The molecule has 0 saturated carbocycles. The maximum Gasteiger partial charge on any atom is 0.0311 e. The van der Waals surface area contributed by atoms with E-state index < -0.39 is 0 Å². The lowest BCUT2D eigenvalue weighted by Crippen LogP contribution is -2.19. The van der Waals surface area contributed by atoms with Gasteiger partial charge in [-0.3, -0.25) is 0 Å². The zero-order valence-electron chi connectivity index (χ0n) is 23.0. The lowest BCUT2D eigenvalue weighted by atomic mass is 9.94. The van der Waals surface area contributed by atoms with Gasteiger partial charge in [-0.25, -0.2) is 0 Å². The Bertz CT molecular complexity index is 513. The summed E-state index contributed by atoms with van der Waals surface area (Å²) in [7, 11) is 1.85. The van der Waals surface area contributed by atoms with E-state index in [0.29, 0.717) is 5.16 Å². The van der Waals surface area contributed by atoms with E-state index in [2.05, 4.69) is 41.5 Å². The third-order valence-corrected chi connectivity index (χ3v) is 12.4. The van der Waals surface area contributed by atoms with Crippen molar-refractivity contribution in [3.05, 3.63) is 11.1 Å². The summed E-state index contributed by atoms with van der Waals surface area (Å²) in [6, 6.07) is 0. The van der Waals surface area contributed by atoms with Crippen molar-refractivity contribution in [3.63, 3.8) is 0 Å². The molecule has 0 radical (unpaired) electrons. The van der Waals surface area contributed by atoms with E-state index >= 15 is 0 Å². The Morgan fingerprint density at radius 2 is 1.00 bits per heavy atom. The second-order valence-corrected chi connectivity index (χ2v) is 15.3. The summed E-state index contributed by atoms with van der Waals surface area (Å²) in [4.78, 5) is 0. The Hall–Kier alpha value is 0.340. The zero-order chi connectivity index (χ0) is 23.7. The first kappa shape index (κ1) is 30.4. The number of unbranched alkanes of at least 4 members (excludes halogenated alkanes) is 14. The van der Waals surface area contributed by atoms with Crippen molar-refractivity contribution < 1.29 is 0 Å². The highest BCUT2D eigenvalue weighted by Gasteiger charge is 2.31. The first-order chi connectivity index (χ1) is 15.4. The van der Waals surface area contributed by atoms with Gasteiger partial charge < -0.3 is 0 Å².